The van der Waals surface area contributed by atoms with Crippen LogP contribution in [0.15, 0.2) is 84.6 Å². The van der Waals surface area contributed by atoms with E-state index in [4.69, 9.17) is 9.47 Å². The van der Waals surface area contributed by atoms with Gasteiger partial charge in [-0.25, -0.2) is 0 Å². The van der Waals surface area contributed by atoms with Crippen molar-refractivity contribution in [1.29, 1.82) is 0 Å². The fourth-order valence-electron chi connectivity index (χ4n) is 2.88. The van der Waals surface area contributed by atoms with E-state index < -0.39 is 5.91 Å². The van der Waals surface area contributed by atoms with Gasteiger partial charge >= 0.3 is 0 Å². The third-order valence-corrected chi connectivity index (χ3v) is 4.38. The molecule has 2 amide bonds. The maximum Gasteiger partial charge on any atom is 0.272 e. The highest BCUT2D eigenvalue weighted by atomic mass is 16.5. The largest absolute Gasteiger partial charge is 0.497 e. The molecular formula is C25H24N2O4. The van der Waals surface area contributed by atoms with Crippen LogP contribution in [0.4, 0.5) is 5.69 Å². The highest BCUT2D eigenvalue weighted by molar-refractivity contribution is 6.10. The number of hydrogen-bond acceptors (Lipinski definition) is 4. The predicted octanol–water partition coefficient (Wildman–Crippen LogP) is 4.50. The van der Waals surface area contributed by atoms with Crippen molar-refractivity contribution in [2.45, 2.75) is 6.92 Å². The minimum Gasteiger partial charge on any atom is -0.497 e. The van der Waals surface area contributed by atoms with Gasteiger partial charge in [0, 0.05) is 22.9 Å². The Bertz CT molecular complexity index is 1080. The van der Waals surface area contributed by atoms with Crippen LogP contribution in [0.25, 0.3) is 6.08 Å². The molecule has 0 radical (unpaired) electrons. The number of ether oxygens (including phenoxy) is 2. The second-order valence-electron chi connectivity index (χ2n) is 6.54. The SMILES string of the molecule is CCOc1ccccc1/C=C(\NC(=O)c1ccccc1)C(=O)Nc1cccc(OC)c1. The highest BCUT2D eigenvalue weighted by Crippen LogP contribution is 2.22. The second-order valence-corrected chi connectivity index (χ2v) is 6.54. The molecule has 2 N–H and O–H groups in total. The van der Waals surface area contributed by atoms with Gasteiger partial charge in [0.05, 0.1) is 13.7 Å². The van der Waals surface area contributed by atoms with Gasteiger partial charge in [0.25, 0.3) is 11.8 Å². The monoisotopic (exact) mass is 416 g/mol. The van der Waals surface area contributed by atoms with Gasteiger partial charge in [-0.05, 0) is 43.3 Å². The molecule has 0 atom stereocenters. The lowest BCUT2D eigenvalue weighted by Gasteiger charge is -2.13. The van der Waals surface area contributed by atoms with Crippen molar-refractivity contribution < 1.29 is 19.1 Å². The van der Waals surface area contributed by atoms with Gasteiger partial charge in [-0.2, -0.15) is 0 Å². The molecule has 31 heavy (non-hydrogen) atoms. The number of amides is 2. The number of benzene rings is 3. The number of nitrogens with one attached hydrogen (secondary N) is 2. The topological polar surface area (TPSA) is 76.7 Å². The summed E-state index contributed by atoms with van der Waals surface area (Å²) >= 11 is 0. The standard InChI is InChI=1S/C25H24N2O4/c1-3-31-23-15-8-7-12-19(23)16-22(27-24(28)18-10-5-4-6-11-18)25(29)26-20-13-9-14-21(17-20)30-2/h4-17H,3H2,1-2H3,(H,26,29)(H,27,28)/b22-16-. The lowest BCUT2D eigenvalue weighted by atomic mass is 10.1. The molecule has 0 saturated carbocycles. The summed E-state index contributed by atoms with van der Waals surface area (Å²) in [6.45, 7) is 2.36. The summed E-state index contributed by atoms with van der Waals surface area (Å²) in [6.07, 6.45) is 1.60. The average molecular weight is 416 g/mol. The second kappa shape index (κ2) is 10.6. The molecule has 0 aliphatic heterocycles. The van der Waals surface area contributed by atoms with E-state index in [0.717, 1.165) is 0 Å². The number of rotatable bonds is 8. The number of anilines is 1. The molecule has 3 rings (SSSR count). The van der Waals surface area contributed by atoms with Crippen molar-refractivity contribution >= 4 is 23.6 Å². The number of hydrogen-bond donors (Lipinski definition) is 2. The number of carbonyl (C=O) groups is 2. The molecule has 6 nitrogen and oxygen atoms in total. The van der Waals surface area contributed by atoms with Crippen LogP contribution in [-0.4, -0.2) is 25.5 Å². The van der Waals surface area contributed by atoms with E-state index in [0.29, 0.717) is 34.9 Å². The van der Waals surface area contributed by atoms with Crippen LogP contribution >= 0.6 is 0 Å². The first-order valence-electron chi connectivity index (χ1n) is 9.86. The van der Waals surface area contributed by atoms with Gasteiger partial charge < -0.3 is 20.1 Å². The molecule has 0 heterocycles. The molecule has 6 heteroatoms. The maximum atomic E-state index is 13.1. The van der Waals surface area contributed by atoms with Crippen LogP contribution < -0.4 is 20.1 Å². The van der Waals surface area contributed by atoms with Crippen molar-refractivity contribution in [2.75, 3.05) is 19.0 Å². The van der Waals surface area contributed by atoms with E-state index in [1.54, 1.807) is 61.7 Å². The van der Waals surface area contributed by atoms with Gasteiger partial charge in [-0.15, -0.1) is 0 Å². The first-order chi connectivity index (χ1) is 15.1. The highest BCUT2D eigenvalue weighted by Gasteiger charge is 2.16. The molecular weight excluding hydrogens is 392 g/mol. The molecule has 0 unspecified atom stereocenters. The number of para-hydroxylation sites is 1. The van der Waals surface area contributed by atoms with Gasteiger partial charge in [0.15, 0.2) is 0 Å². The third kappa shape index (κ3) is 5.96. The molecule has 0 saturated heterocycles. The molecule has 0 aromatic heterocycles. The maximum absolute atomic E-state index is 13.1. The summed E-state index contributed by atoms with van der Waals surface area (Å²) in [5.74, 6) is 0.370. The van der Waals surface area contributed by atoms with Crippen LogP contribution in [0.1, 0.15) is 22.8 Å². The predicted molar refractivity (Wildman–Crippen MR) is 121 cm³/mol. The molecule has 0 fully saturated rings. The zero-order valence-corrected chi connectivity index (χ0v) is 17.4. The minimum absolute atomic E-state index is 0.0869. The van der Waals surface area contributed by atoms with Crippen LogP contribution in [-0.2, 0) is 4.79 Å². The summed E-state index contributed by atoms with van der Waals surface area (Å²) in [7, 11) is 1.55. The first-order valence-corrected chi connectivity index (χ1v) is 9.86. The van der Waals surface area contributed by atoms with Crippen LogP contribution in [0.5, 0.6) is 11.5 Å². The third-order valence-electron chi connectivity index (χ3n) is 4.38. The average Bonchev–Trinajstić information content (AvgIpc) is 2.80. The van der Waals surface area contributed by atoms with Crippen molar-refractivity contribution in [2.24, 2.45) is 0 Å². The number of carbonyl (C=O) groups excluding carboxylic acids is 2. The lowest BCUT2D eigenvalue weighted by Crippen LogP contribution is -2.30. The van der Waals surface area contributed by atoms with E-state index in [-0.39, 0.29) is 11.6 Å². The molecule has 158 valence electrons. The Kier molecular flexibility index (Phi) is 7.43. The summed E-state index contributed by atoms with van der Waals surface area (Å²) in [5.41, 5.74) is 1.75. The molecule has 0 aliphatic rings. The van der Waals surface area contributed by atoms with Crippen molar-refractivity contribution in [3.8, 4) is 11.5 Å². The summed E-state index contributed by atoms with van der Waals surface area (Å²) in [4.78, 5) is 25.8. The van der Waals surface area contributed by atoms with Gasteiger partial charge in [0.2, 0.25) is 0 Å². The van der Waals surface area contributed by atoms with Crippen molar-refractivity contribution in [3.05, 3.63) is 95.7 Å². The summed E-state index contributed by atoms with van der Waals surface area (Å²) in [6, 6.07) is 23.0. The van der Waals surface area contributed by atoms with E-state index >= 15 is 0 Å². The van der Waals surface area contributed by atoms with E-state index in [9.17, 15) is 9.59 Å². The molecule has 3 aromatic carbocycles. The fourth-order valence-corrected chi connectivity index (χ4v) is 2.88. The van der Waals surface area contributed by atoms with E-state index in [1.807, 2.05) is 37.3 Å². The minimum atomic E-state index is -0.469. The Morgan fingerprint density at radius 3 is 2.42 bits per heavy atom. The lowest BCUT2D eigenvalue weighted by molar-refractivity contribution is -0.113. The van der Waals surface area contributed by atoms with Gasteiger partial charge in [-0.3, -0.25) is 9.59 Å². The normalized spacial score (nSPS) is 10.8. The Labute approximate surface area is 181 Å². The Morgan fingerprint density at radius 1 is 0.935 bits per heavy atom. The summed E-state index contributed by atoms with van der Waals surface area (Å²) in [5, 5.41) is 5.53. The van der Waals surface area contributed by atoms with Gasteiger partial charge in [-0.1, -0.05) is 42.5 Å². The molecule has 0 bridgehead atoms. The zero-order chi connectivity index (χ0) is 22.1. The quantitative estimate of drug-likeness (QED) is 0.530. The first kappa shape index (κ1) is 21.6. The van der Waals surface area contributed by atoms with Crippen molar-refractivity contribution in [1.82, 2.24) is 5.32 Å². The van der Waals surface area contributed by atoms with Crippen LogP contribution in [0, 0.1) is 0 Å². The van der Waals surface area contributed by atoms with E-state index in [1.165, 1.54) is 0 Å². The van der Waals surface area contributed by atoms with Crippen molar-refractivity contribution in [3.63, 3.8) is 0 Å². The molecule has 0 aliphatic carbocycles. The Hall–Kier alpha value is -4.06. The van der Waals surface area contributed by atoms with E-state index in [2.05, 4.69) is 10.6 Å². The number of methoxy groups -OCH3 is 1. The Morgan fingerprint density at radius 2 is 1.68 bits per heavy atom. The molecule has 3 aromatic rings. The fraction of sp³-hybridized carbons (Fsp3) is 0.120. The Balaban J connectivity index is 1.93. The summed E-state index contributed by atoms with van der Waals surface area (Å²) < 4.78 is 10.9. The van der Waals surface area contributed by atoms with Crippen LogP contribution in [0.2, 0.25) is 0 Å². The molecule has 0 spiro atoms. The smallest absolute Gasteiger partial charge is 0.272 e. The zero-order valence-electron chi connectivity index (χ0n) is 17.4. The van der Waals surface area contributed by atoms with Crippen LogP contribution in [0.3, 0.4) is 0 Å². The van der Waals surface area contributed by atoms with Gasteiger partial charge in [0.1, 0.15) is 17.2 Å².